The van der Waals surface area contributed by atoms with Crippen molar-refractivity contribution in [1.29, 1.82) is 0 Å². The van der Waals surface area contributed by atoms with E-state index in [2.05, 4.69) is 5.32 Å². The number of hydrogen-bond donors (Lipinski definition) is 2. The molecule has 6 nitrogen and oxygen atoms in total. The van der Waals surface area contributed by atoms with E-state index >= 15 is 0 Å². The van der Waals surface area contributed by atoms with Crippen LogP contribution < -0.4 is 10.2 Å². The summed E-state index contributed by atoms with van der Waals surface area (Å²) < 4.78 is 19.3. The lowest BCUT2D eigenvalue weighted by Crippen LogP contribution is -2.41. The van der Waals surface area contributed by atoms with Crippen molar-refractivity contribution in [2.24, 2.45) is 11.8 Å². The lowest BCUT2D eigenvalue weighted by Gasteiger charge is -2.32. The monoisotopic (exact) mass is 322 g/mol. The van der Waals surface area contributed by atoms with E-state index < -0.39 is 17.8 Å². The van der Waals surface area contributed by atoms with Crippen LogP contribution in [0.25, 0.3) is 0 Å². The molecule has 2 atom stereocenters. The quantitative estimate of drug-likeness (QED) is 0.882. The van der Waals surface area contributed by atoms with Crippen LogP contribution in [0.15, 0.2) is 18.2 Å². The molecule has 2 N–H and O–H groups in total. The number of amides is 1. The van der Waals surface area contributed by atoms with Crippen molar-refractivity contribution >= 4 is 23.3 Å². The Hall–Kier alpha value is -2.15. The SMILES string of the molecule is O=C(Nc1ccc(F)c(N2CCOCC2)c1)[C@H]1CC[C@H]1C(=O)O. The van der Waals surface area contributed by atoms with Crippen LogP contribution in [-0.4, -0.2) is 43.3 Å². The number of nitrogens with one attached hydrogen (secondary N) is 1. The van der Waals surface area contributed by atoms with Gasteiger partial charge in [0.1, 0.15) is 5.82 Å². The number of rotatable bonds is 4. The van der Waals surface area contributed by atoms with Gasteiger partial charge in [-0.05, 0) is 31.0 Å². The molecule has 1 saturated heterocycles. The third kappa shape index (κ3) is 3.29. The maximum atomic E-state index is 14.0. The standard InChI is InChI=1S/C16H19FN2O4/c17-13-4-1-10(9-14(13)19-5-7-23-8-6-19)18-15(20)11-2-3-12(11)16(21)22/h1,4,9,11-12H,2-3,5-8H2,(H,18,20)(H,21,22)/t11-,12+/m0/s1. The maximum Gasteiger partial charge on any atom is 0.307 e. The summed E-state index contributed by atoms with van der Waals surface area (Å²) in [5.74, 6) is -2.73. The van der Waals surface area contributed by atoms with Crippen molar-refractivity contribution in [2.75, 3.05) is 36.5 Å². The number of hydrogen-bond acceptors (Lipinski definition) is 4. The van der Waals surface area contributed by atoms with Crippen LogP contribution in [0.2, 0.25) is 0 Å². The Morgan fingerprint density at radius 1 is 1.22 bits per heavy atom. The fraction of sp³-hybridized carbons (Fsp3) is 0.500. The van der Waals surface area contributed by atoms with Gasteiger partial charge in [-0.1, -0.05) is 0 Å². The van der Waals surface area contributed by atoms with Crippen LogP contribution in [0.1, 0.15) is 12.8 Å². The van der Waals surface area contributed by atoms with E-state index in [0.717, 1.165) is 0 Å². The number of carbonyl (C=O) groups excluding carboxylic acids is 1. The van der Waals surface area contributed by atoms with Crippen LogP contribution in [0.4, 0.5) is 15.8 Å². The molecule has 7 heteroatoms. The highest BCUT2D eigenvalue weighted by Gasteiger charge is 2.41. The fourth-order valence-corrected chi connectivity index (χ4v) is 2.98. The lowest BCUT2D eigenvalue weighted by molar-refractivity contribution is -0.151. The van der Waals surface area contributed by atoms with Crippen LogP contribution in [0.3, 0.4) is 0 Å². The number of carboxylic acid groups (broad SMARTS) is 1. The lowest BCUT2D eigenvalue weighted by atomic mass is 9.73. The van der Waals surface area contributed by atoms with Crippen molar-refractivity contribution in [1.82, 2.24) is 0 Å². The molecule has 124 valence electrons. The van der Waals surface area contributed by atoms with Gasteiger partial charge in [-0.15, -0.1) is 0 Å². The van der Waals surface area contributed by atoms with Gasteiger partial charge in [-0.2, -0.15) is 0 Å². The van der Waals surface area contributed by atoms with Crippen molar-refractivity contribution in [3.05, 3.63) is 24.0 Å². The minimum Gasteiger partial charge on any atom is -0.481 e. The van der Waals surface area contributed by atoms with E-state index in [4.69, 9.17) is 9.84 Å². The molecule has 2 aliphatic rings. The van der Waals surface area contributed by atoms with Gasteiger partial charge in [0, 0.05) is 18.8 Å². The molecule has 1 heterocycles. The zero-order valence-corrected chi connectivity index (χ0v) is 12.6. The number of carboxylic acids is 1. The Bertz CT molecular complexity index is 616. The number of nitrogens with zero attached hydrogens (tertiary/aromatic N) is 1. The molecule has 0 unspecified atom stereocenters. The van der Waals surface area contributed by atoms with E-state index in [0.29, 0.717) is 50.5 Å². The second-order valence-corrected chi connectivity index (χ2v) is 5.88. The second kappa shape index (κ2) is 6.54. The third-order valence-corrected chi connectivity index (χ3v) is 4.49. The summed E-state index contributed by atoms with van der Waals surface area (Å²) >= 11 is 0. The summed E-state index contributed by atoms with van der Waals surface area (Å²) in [4.78, 5) is 25.1. The first-order valence-electron chi connectivity index (χ1n) is 7.72. The highest BCUT2D eigenvalue weighted by atomic mass is 19.1. The predicted octanol–water partition coefficient (Wildman–Crippen LogP) is 1.71. The summed E-state index contributed by atoms with van der Waals surface area (Å²) in [5.41, 5.74) is 0.906. The summed E-state index contributed by atoms with van der Waals surface area (Å²) in [6.45, 7) is 2.27. The number of aliphatic carboxylic acids is 1. The zero-order chi connectivity index (χ0) is 16.4. The minimum atomic E-state index is -0.940. The summed E-state index contributed by atoms with van der Waals surface area (Å²) in [5, 5.41) is 11.7. The smallest absolute Gasteiger partial charge is 0.307 e. The van der Waals surface area contributed by atoms with Gasteiger partial charge in [-0.25, -0.2) is 4.39 Å². The fourth-order valence-electron chi connectivity index (χ4n) is 2.98. The van der Waals surface area contributed by atoms with E-state index in [1.807, 2.05) is 4.90 Å². The minimum absolute atomic E-state index is 0.316. The van der Waals surface area contributed by atoms with Crippen molar-refractivity contribution in [3.8, 4) is 0 Å². The number of ether oxygens (including phenoxy) is 1. The van der Waals surface area contributed by atoms with Crippen LogP contribution in [-0.2, 0) is 14.3 Å². The first-order valence-corrected chi connectivity index (χ1v) is 7.72. The average Bonchev–Trinajstić information content (AvgIpc) is 2.48. The van der Waals surface area contributed by atoms with Gasteiger partial charge in [-0.3, -0.25) is 9.59 Å². The van der Waals surface area contributed by atoms with Crippen molar-refractivity contribution in [2.45, 2.75) is 12.8 Å². The Labute approximate surface area is 133 Å². The molecule has 1 amide bonds. The molecule has 0 aromatic heterocycles. The number of benzene rings is 1. The first-order chi connectivity index (χ1) is 11.1. The molecule has 0 spiro atoms. The molecular weight excluding hydrogens is 303 g/mol. The molecule has 23 heavy (non-hydrogen) atoms. The first kappa shape index (κ1) is 15.7. The molecule has 1 aliphatic carbocycles. The molecule has 1 aromatic rings. The summed E-state index contributed by atoms with van der Waals surface area (Å²) in [6.07, 6.45) is 1.09. The van der Waals surface area contributed by atoms with Crippen LogP contribution in [0, 0.1) is 17.7 Å². The maximum absolute atomic E-state index is 14.0. The van der Waals surface area contributed by atoms with Gasteiger partial charge in [0.15, 0.2) is 0 Å². The second-order valence-electron chi connectivity index (χ2n) is 5.88. The summed E-state index contributed by atoms with van der Waals surface area (Å²) in [7, 11) is 0. The van der Waals surface area contributed by atoms with Gasteiger partial charge >= 0.3 is 5.97 Å². The number of carbonyl (C=O) groups is 2. The number of halogens is 1. The normalized spacial score (nSPS) is 24.0. The highest BCUT2D eigenvalue weighted by Crippen LogP contribution is 2.35. The van der Waals surface area contributed by atoms with Crippen LogP contribution in [0.5, 0.6) is 0 Å². The van der Waals surface area contributed by atoms with E-state index in [1.165, 1.54) is 12.1 Å². The molecule has 1 saturated carbocycles. The van der Waals surface area contributed by atoms with Gasteiger partial charge in [0.2, 0.25) is 5.91 Å². The average molecular weight is 322 g/mol. The molecule has 0 bridgehead atoms. The van der Waals surface area contributed by atoms with E-state index in [-0.39, 0.29) is 11.7 Å². The molecule has 1 aliphatic heterocycles. The van der Waals surface area contributed by atoms with Crippen molar-refractivity contribution < 1.29 is 23.8 Å². The highest BCUT2D eigenvalue weighted by molar-refractivity contribution is 5.96. The van der Waals surface area contributed by atoms with Gasteiger partial charge in [0.25, 0.3) is 0 Å². The Morgan fingerprint density at radius 3 is 2.52 bits per heavy atom. The van der Waals surface area contributed by atoms with Gasteiger partial charge in [0.05, 0.1) is 30.7 Å². The summed E-state index contributed by atoms with van der Waals surface area (Å²) in [6, 6.07) is 4.40. The Kier molecular flexibility index (Phi) is 4.47. The topological polar surface area (TPSA) is 78.9 Å². The van der Waals surface area contributed by atoms with Crippen LogP contribution >= 0.6 is 0 Å². The Balaban J connectivity index is 1.70. The van der Waals surface area contributed by atoms with Crippen molar-refractivity contribution in [3.63, 3.8) is 0 Å². The molecule has 2 fully saturated rings. The largest absolute Gasteiger partial charge is 0.481 e. The third-order valence-electron chi connectivity index (χ3n) is 4.49. The predicted molar refractivity (Wildman–Crippen MR) is 81.9 cm³/mol. The van der Waals surface area contributed by atoms with Gasteiger partial charge < -0.3 is 20.1 Å². The number of morpholine rings is 1. The van der Waals surface area contributed by atoms with E-state index in [9.17, 15) is 14.0 Å². The Morgan fingerprint density at radius 2 is 1.91 bits per heavy atom. The zero-order valence-electron chi connectivity index (χ0n) is 12.6. The van der Waals surface area contributed by atoms with E-state index in [1.54, 1.807) is 6.07 Å². The molecule has 3 rings (SSSR count). The number of anilines is 2. The molecular formula is C16H19FN2O4. The molecule has 0 radical (unpaired) electrons. The molecule has 1 aromatic carbocycles.